The quantitative estimate of drug-likeness (QED) is 0.829. The first-order valence-corrected chi connectivity index (χ1v) is 7.82. The second-order valence-electron chi connectivity index (χ2n) is 5.55. The van der Waals surface area contributed by atoms with Crippen LogP contribution >= 0.6 is 11.6 Å². The second-order valence-corrected chi connectivity index (χ2v) is 5.95. The molecule has 0 N–H and O–H groups in total. The smallest absolute Gasteiger partial charge is 0.236 e. The molecule has 6 nitrogen and oxygen atoms in total. The van der Waals surface area contributed by atoms with Crippen molar-refractivity contribution < 1.29 is 4.79 Å². The molecule has 1 amide bonds. The minimum atomic E-state index is 0.241. The van der Waals surface area contributed by atoms with Crippen molar-refractivity contribution in [3.8, 4) is 0 Å². The predicted octanol–water partition coefficient (Wildman–Crippen LogP) is 0.874. The van der Waals surface area contributed by atoms with Gasteiger partial charge in [-0.25, -0.2) is 9.97 Å². The van der Waals surface area contributed by atoms with Gasteiger partial charge in [0.05, 0.1) is 12.7 Å². The summed E-state index contributed by atoms with van der Waals surface area (Å²) >= 11 is 6.12. The van der Waals surface area contributed by atoms with Crippen LogP contribution < -0.4 is 4.90 Å². The topological polar surface area (TPSA) is 52.6 Å². The van der Waals surface area contributed by atoms with Crippen LogP contribution in [-0.2, 0) is 4.79 Å². The van der Waals surface area contributed by atoms with Crippen LogP contribution in [0.15, 0.2) is 12.5 Å². The number of carbonyl (C=O) groups is 1. The highest BCUT2D eigenvalue weighted by Gasteiger charge is 2.25. The number of rotatable bonds is 3. The van der Waals surface area contributed by atoms with E-state index in [0.717, 1.165) is 45.1 Å². The van der Waals surface area contributed by atoms with Crippen molar-refractivity contribution in [2.45, 2.75) is 12.8 Å². The van der Waals surface area contributed by atoms with Gasteiger partial charge in [0.15, 0.2) is 5.82 Å². The Morgan fingerprint density at radius 1 is 1.14 bits per heavy atom. The molecule has 2 aliphatic heterocycles. The summed E-state index contributed by atoms with van der Waals surface area (Å²) in [6.45, 7) is 5.67. The summed E-state index contributed by atoms with van der Waals surface area (Å²) < 4.78 is 0. The number of aromatic nitrogens is 2. The first kappa shape index (κ1) is 14.5. The Hall–Kier alpha value is -1.40. The van der Waals surface area contributed by atoms with Gasteiger partial charge in [0, 0.05) is 26.2 Å². The highest BCUT2D eigenvalue weighted by atomic mass is 35.5. The van der Waals surface area contributed by atoms with E-state index in [1.165, 1.54) is 19.2 Å². The largest absolute Gasteiger partial charge is 0.352 e. The molecule has 0 saturated carbocycles. The summed E-state index contributed by atoms with van der Waals surface area (Å²) in [5.74, 6) is 1.00. The van der Waals surface area contributed by atoms with Gasteiger partial charge in [0.2, 0.25) is 5.91 Å². The third kappa shape index (κ3) is 3.44. The maximum atomic E-state index is 12.3. The van der Waals surface area contributed by atoms with Gasteiger partial charge in [-0.2, -0.15) is 0 Å². The fourth-order valence-electron chi connectivity index (χ4n) is 2.94. The number of anilines is 1. The van der Waals surface area contributed by atoms with Crippen molar-refractivity contribution >= 4 is 23.3 Å². The van der Waals surface area contributed by atoms with E-state index in [-0.39, 0.29) is 5.91 Å². The summed E-state index contributed by atoms with van der Waals surface area (Å²) in [5.41, 5.74) is 0. The van der Waals surface area contributed by atoms with Crippen LogP contribution in [0.25, 0.3) is 0 Å². The van der Waals surface area contributed by atoms with Gasteiger partial charge in [0.25, 0.3) is 0 Å². The molecule has 114 valence electrons. The van der Waals surface area contributed by atoms with Crippen LogP contribution in [0.2, 0.25) is 5.02 Å². The van der Waals surface area contributed by atoms with E-state index in [0.29, 0.717) is 11.6 Å². The number of hydrogen-bond donors (Lipinski definition) is 0. The van der Waals surface area contributed by atoms with E-state index in [1.54, 1.807) is 6.20 Å². The lowest BCUT2D eigenvalue weighted by Crippen LogP contribution is -2.51. The molecule has 0 bridgehead atoms. The van der Waals surface area contributed by atoms with Crippen LogP contribution in [0.5, 0.6) is 0 Å². The van der Waals surface area contributed by atoms with Crippen molar-refractivity contribution in [3.63, 3.8) is 0 Å². The molecular formula is C14H20ClN5O. The lowest BCUT2D eigenvalue weighted by molar-refractivity contribution is -0.132. The molecule has 0 aromatic carbocycles. The Morgan fingerprint density at radius 2 is 1.86 bits per heavy atom. The lowest BCUT2D eigenvalue weighted by atomic mass is 10.3. The van der Waals surface area contributed by atoms with E-state index in [1.807, 2.05) is 4.90 Å². The molecule has 0 aliphatic carbocycles. The second kappa shape index (κ2) is 6.58. The van der Waals surface area contributed by atoms with Crippen molar-refractivity contribution in [1.29, 1.82) is 0 Å². The molecule has 2 aliphatic rings. The molecule has 1 aromatic rings. The van der Waals surface area contributed by atoms with Crippen LogP contribution in [0.4, 0.5) is 5.82 Å². The van der Waals surface area contributed by atoms with Crippen LogP contribution in [0.3, 0.4) is 0 Å². The number of hydrogen-bond acceptors (Lipinski definition) is 5. The average molecular weight is 310 g/mol. The number of carbonyl (C=O) groups excluding carboxylic acids is 1. The number of halogens is 1. The fourth-order valence-corrected chi connectivity index (χ4v) is 3.16. The van der Waals surface area contributed by atoms with E-state index in [4.69, 9.17) is 11.6 Å². The third-order valence-corrected chi connectivity index (χ3v) is 4.40. The van der Waals surface area contributed by atoms with E-state index in [2.05, 4.69) is 19.8 Å². The third-order valence-electron chi connectivity index (χ3n) is 4.14. The maximum absolute atomic E-state index is 12.3. The maximum Gasteiger partial charge on any atom is 0.236 e. The summed E-state index contributed by atoms with van der Waals surface area (Å²) in [6.07, 6.45) is 5.54. The van der Waals surface area contributed by atoms with Crippen LogP contribution in [0, 0.1) is 0 Å². The SMILES string of the molecule is O=C(CN1CCCC1)N1CCN(c2ncncc2Cl)CC1. The molecule has 1 aromatic heterocycles. The number of amides is 1. The molecule has 3 rings (SSSR count). The van der Waals surface area contributed by atoms with Gasteiger partial charge in [-0.15, -0.1) is 0 Å². The Kier molecular flexibility index (Phi) is 4.55. The zero-order valence-corrected chi connectivity index (χ0v) is 12.8. The molecule has 7 heteroatoms. The highest BCUT2D eigenvalue weighted by molar-refractivity contribution is 6.32. The van der Waals surface area contributed by atoms with Crippen molar-refractivity contribution in [2.75, 3.05) is 50.7 Å². The van der Waals surface area contributed by atoms with Crippen LogP contribution in [0.1, 0.15) is 12.8 Å². The Bertz CT molecular complexity index is 498. The van der Waals surface area contributed by atoms with Gasteiger partial charge in [-0.1, -0.05) is 11.6 Å². The molecular weight excluding hydrogens is 290 g/mol. The number of likely N-dealkylation sites (tertiary alicyclic amines) is 1. The van der Waals surface area contributed by atoms with E-state index < -0.39 is 0 Å². The zero-order chi connectivity index (χ0) is 14.7. The number of piperazine rings is 1. The molecule has 2 saturated heterocycles. The van der Waals surface area contributed by atoms with Gasteiger partial charge >= 0.3 is 0 Å². The molecule has 2 fully saturated rings. The minimum absolute atomic E-state index is 0.241. The molecule has 0 atom stereocenters. The monoisotopic (exact) mass is 309 g/mol. The van der Waals surface area contributed by atoms with Crippen molar-refractivity contribution in [1.82, 2.24) is 19.8 Å². The normalized spacial score (nSPS) is 20.0. The molecule has 21 heavy (non-hydrogen) atoms. The minimum Gasteiger partial charge on any atom is -0.352 e. The highest BCUT2D eigenvalue weighted by Crippen LogP contribution is 2.22. The van der Waals surface area contributed by atoms with Crippen LogP contribution in [-0.4, -0.2) is 71.5 Å². The average Bonchev–Trinajstić information content (AvgIpc) is 3.01. The summed E-state index contributed by atoms with van der Waals surface area (Å²) in [4.78, 5) is 26.7. The summed E-state index contributed by atoms with van der Waals surface area (Å²) in [7, 11) is 0. The lowest BCUT2D eigenvalue weighted by Gasteiger charge is -2.36. The zero-order valence-electron chi connectivity index (χ0n) is 12.0. The molecule has 0 unspecified atom stereocenters. The molecule has 0 radical (unpaired) electrons. The van der Waals surface area contributed by atoms with Crippen molar-refractivity contribution in [2.24, 2.45) is 0 Å². The van der Waals surface area contributed by atoms with E-state index >= 15 is 0 Å². The first-order valence-electron chi connectivity index (χ1n) is 7.44. The Labute approximate surface area is 129 Å². The van der Waals surface area contributed by atoms with Gasteiger partial charge in [0.1, 0.15) is 11.3 Å². The fraction of sp³-hybridized carbons (Fsp3) is 0.643. The molecule has 3 heterocycles. The van der Waals surface area contributed by atoms with Crippen molar-refractivity contribution in [3.05, 3.63) is 17.5 Å². The van der Waals surface area contributed by atoms with Gasteiger partial charge in [-0.3, -0.25) is 9.69 Å². The standard InChI is InChI=1S/C14H20ClN5O/c15-12-9-16-11-17-14(12)20-7-5-19(6-8-20)13(21)10-18-3-1-2-4-18/h9,11H,1-8,10H2. The van der Waals surface area contributed by atoms with Gasteiger partial charge < -0.3 is 9.80 Å². The first-order chi connectivity index (χ1) is 10.2. The Balaban J connectivity index is 1.52. The summed E-state index contributed by atoms with van der Waals surface area (Å²) in [6, 6.07) is 0. The number of nitrogens with zero attached hydrogens (tertiary/aromatic N) is 5. The molecule has 0 spiro atoms. The predicted molar refractivity (Wildman–Crippen MR) is 81.5 cm³/mol. The summed E-state index contributed by atoms with van der Waals surface area (Å²) in [5, 5.41) is 0.564. The van der Waals surface area contributed by atoms with E-state index in [9.17, 15) is 4.79 Å². The van der Waals surface area contributed by atoms with Gasteiger partial charge in [-0.05, 0) is 25.9 Å². The Morgan fingerprint density at radius 3 is 2.52 bits per heavy atom.